The molecule has 0 aromatic heterocycles. The van der Waals surface area contributed by atoms with Crippen LogP contribution in [0.2, 0.25) is 0 Å². The number of hydrogen-bond donors (Lipinski definition) is 1. The Morgan fingerprint density at radius 1 is 0.902 bits per heavy atom. The summed E-state index contributed by atoms with van der Waals surface area (Å²) >= 11 is 0. The number of carbonyl (C=O) groups is 1. The quantitative estimate of drug-likeness (QED) is 0.265. The van der Waals surface area contributed by atoms with Gasteiger partial charge in [-0.3, -0.25) is 4.79 Å². The number of benzene rings is 3. The molecule has 0 saturated carbocycles. The van der Waals surface area contributed by atoms with Gasteiger partial charge in [0.25, 0.3) is 0 Å². The van der Waals surface area contributed by atoms with Crippen LogP contribution in [0.4, 0.5) is 0 Å². The van der Waals surface area contributed by atoms with Crippen LogP contribution in [-0.2, 0) is 34.1 Å². The van der Waals surface area contributed by atoms with Crippen LogP contribution in [0.1, 0.15) is 73.6 Å². The van der Waals surface area contributed by atoms with Crippen molar-refractivity contribution in [3.05, 3.63) is 82.9 Å². The van der Waals surface area contributed by atoms with E-state index in [4.69, 9.17) is 9.47 Å². The standard InChI is InChI=1S/C34H40O6S/c1-2-4-28(21-34(35)36)26-9-11-30(12-10-26)39-23-25-7-8-27-5-3-6-29-20-31(13-14-32(29)33(27)19-25)40-22-24-15-17-41(37,38)18-16-24/h7-14,19-20,24,28H,2-6,15-18,21-23H2,1H3,(H,35,36)/t28-/m0/s1. The van der Waals surface area contributed by atoms with E-state index in [2.05, 4.69) is 37.3 Å². The van der Waals surface area contributed by atoms with Crippen molar-refractivity contribution < 1.29 is 27.8 Å². The number of carboxylic acid groups (broad SMARTS) is 1. The lowest BCUT2D eigenvalue weighted by atomic mass is 9.91. The van der Waals surface area contributed by atoms with Gasteiger partial charge in [-0.05, 0) is 114 Å². The monoisotopic (exact) mass is 576 g/mol. The third-order valence-corrected chi connectivity index (χ3v) is 10.1. The Morgan fingerprint density at radius 3 is 2.37 bits per heavy atom. The molecule has 2 aliphatic rings. The van der Waals surface area contributed by atoms with E-state index < -0.39 is 15.8 Å². The fourth-order valence-corrected chi connectivity index (χ4v) is 7.64. The number of sulfone groups is 1. The largest absolute Gasteiger partial charge is 0.493 e. The molecule has 1 N–H and O–H groups in total. The fraction of sp³-hybridized carbons (Fsp3) is 0.441. The summed E-state index contributed by atoms with van der Waals surface area (Å²) in [6.45, 7) is 3.09. The first-order valence-electron chi connectivity index (χ1n) is 14.8. The Morgan fingerprint density at radius 2 is 1.63 bits per heavy atom. The van der Waals surface area contributed by atoms with E-state index in [-0.39, 0.29) is 23.8 Å². The molecule has 3 aromatic rings. The van der Waals surface area contributed by atoms with Crippen molar-refractivity contribution in [3.63, 3.8) is 0 Å². The van der Waals surface area contributed by atoms with Crippen LogP contribution in [0.5, 0.6) is 11.5 Å². The van der Waals surface area contributed by atoms with Crippen LogP contribution in [0.25, 0.3) is 11.1 Å². The molecule has 218 valence electrons. The molecular formula is C34H40O6S. The second-order valence-electron chi connectivity index (χ2n) is 11.5. The molecule has 1 aliphatic carbocycles. The van der Waals surface area contributed by atoms with Crippen molar-refractivity contribution in [1.82, 2.24) is 0 Å². The summed E-state index contributed by atoms with van der Waals surface area (Å²) in [7, 11) is -2.86. The summed E-state index contributed by atoms with van der Waals surface area (Å²) in [6, 6.07) is 20.8. The highest BCUT2D eigenvalue weighted by molar-refractivity contribution is 7.91. The molecule has 1 fully saturated rings. The van der Waals surface area contributed by atoms with Gasteiger partial charge in [-0.1, -0.05) is 43.7 Å². The minimum atomic E-state index is -2.86. The zero-order valence-corrected chi connectivity index (χ0v) is 24.6. The summed E-state index contributed by atoms with van der Waals surface area (Å²) in [4.78, 5) is 11.3. The second-order valence-corrected chi connectivity index (χ2v) is 13.8. The van der Waals surface area contributed by atoms with Crippen LogP contribution >= 0.6 is 0 Å². The Kier molecular flexibility index (Phi) is 9.33. The number of fused-ring (bicyclic) bond motifs is 3. The first kappa shape index (κ1) is 29.2. The number of ether oxygens (including phenoxy) is 2. The highest BCUT2D eigenvalue weighted by Crippen LogP contribution is 2.36. The summed E-state index contributed by atoms with van der Waals surface area (Å²) in [5.74, 6) is 1.71. The molecule has 1 aliphatic heterocycles. The normalized spacial score (nSPS) is 17.1. The minimum Gasteiger partial charge on any atom is -0.493 e. The van der Waals surface area contributed by atoms with Gasteiger partial charge in [0.05, 0.1) is 24.5 Å². The number of aryl methyl sites for hydroxylation is 2. The Balaban J connectivity index is 1.24. The smallest absolute Gasteiger partial charge is 0.303 e. The lowest BCUT2D eigenvalue weighted by Crippen LogP contribution is -2.26. The molecule has 6 nitrogen and oxygen atoms in total. The molecule has 0 spiro atoms. The van der Waals surface area contributed by atoms with Crippen LogP contribution in [-0.4, -0.2) is 37.6 Å². The Hall–Kier alpha value is -3.32. The predicted molar refractivity (Wildman–Crippen MR) is 161 cm³/mol. The molecule has 1 atom stereocenters. The average molecular weight is 577 g/mol. The predicted octanol–water partition coefficient (Wildman–Crippen LogP) is 6.98. The highest BCUT2D eigenvalue weighted by atomic mass is 32.2. The average Bonchev–Trinajstić information content (AvgIpc) is 3.14. The van der Waals surface area contributed by atoms with Gasteiger partial charge in [-0.25, -0.2) is 8.42 Å². The Bertz CT molecular complexity index is 1450. The maximum atomic E-state index is 11.7. The van der Waals surface area contributed by atoms with Crippen LogP contribution < -0.4 is 9.47 Å². The van der Waals surface area contributed by atoms with Gasteiger partial charge >= 0.3 is 5.97 Å². The van der Waals surface area contributed by atoms with Crippen molar-refractivity contribution in [2.45, 2.75) is 70.8 Å². The SMILES string of the molecule is CCC[C@@H](CC(=O)O)c1ccc(OCc2ccc3c(c2)-c2ccc(OCC4CCS(=O)(=O)CC4)cc2CCC3)cc1. The zero-order chi connectivity index (χ0) is 28.8. The number of rotatable bonds is 11. The van der Waals surface area contributed by atoms with E-state index in [0.29, 0.717) is 32.0 Å². The molecule has 0 bridgehead atoms. The third-order valence-electron chi connectivity index (χ3n) is 8.41. The molecule has 3 aromatic carbocycles. The minimum absolute atomic E-state index is 0.0215. The molecule has 0 unspecified atom stereocenters. The fourth-order valence-electron chi connectivity index (χ4n) is 6.05. The first-order valence-corrected chi connectivity index (χ1v) is 16.6. The number of aliphatic carboxylic acids is 1. The van der Waals surface area contributed by atoms with Crippen LogP contribution in [0, 0.1) is 5.92 Å². The molecule has 0 radical (unpaired) electrons. The number of carboxylic acids is 1. The van der Waals surface area contributed by atoms with Gasteiger partial charge in [0.2, 0.25) is 0 Å². The topological polar surface area (TPSA) is 89.9 Å². The van der Waals surface area contributed by atoms with Crippen molar-refractivity contribution in [2.24, 2.45) is 5.92 Å². The first-order chi connectivity index (χ1) is 19.8. The van der Waals surface area contributed by atoms with Gasteiger partial charge in [-0.15, -0.1) is 0 Å². The highest BCUT2D eigenvalue weighted by Gasteiger charge is 2.24. The van der Waals surface area contributed by atoms with E-state index in [1.807, 2.05) is 30.3 Å². The second kappa shape index (κ2) is 13.1. The molecule has 0 amide bonds. The lowest BCUT2D eigenvalue weighted by molar-refractivity contribution is -0.137. The van der Waals surface area contributed by atoms with Gasteiger partial charge in [0, 0.05) is 0 Å². The van der Waals surface area contributed by atoms with Crippen molar-refractivity contribution in [3.8, 4) is 22.6 Å². The van der Waals surface area contributed by atoms with E-state index in [9.17, 15) is 18.3 Å². The molecule has 1 heterocycles. The molecule has 7 heteroatoms. The Labute approximate surface area is 243 Å². The summed E-state index contributed by atoms with van der Waals surface area (Å²) in [5, 5.41) is 9.25. The van der Waals surface area contributed by atoms with Crippen LogP contribution in [0.15, 0.2) is 60.7 Å². The summed E-state index contributed by atoms with van der Waals surface area (Å²) in [5.41, 5.74) is 7.24. The molecule has 5 rings (SSSR count). The van der Waals surface area contributed by atoms with Crippen molar-refractivity contribution >= 4 is 15.8 Å². The van der Waals surface area contributed by atoms with E-state index >= 15 is 0 Å². The van der Waals surface area contributed by atoms with Gasteiger partial charge in [0.15, 0.2) is 0 Å². The van der Waals surface area contributed by atoms with Gasteiger partial charge in [-0.2, -0.15) is 0 Å². The molecule has 41 heavy (non-hydrogen) atoms. The molecule has 1 saturated heterocycles. The van der Waals surface area contributed by atoms with Crippen LogP contribution in [0.3, 0.4) is 0 Å². The summed E-state index contributed by atoms with van der Waals surface area (Å²) < 4.78 is 35.7. The van der Waals surface area contributed by atoms with E-state index in [0.717, 1.165) is 54.7 Å². The maximum absolute atomic E-state index is 11.7. The van der Waals surface area contributed by atoms with Gasteiger partial charge < -0.3 is 14.6 Å². The lowest BCUT2D eigenvalue weighted by Gasteiger charge is -2.22. The van der Waals surface area contributed by atoms with Crippen molar-refractivity contribution in [2.75, 3.05) is 18.1 Å². The summed E-state index contributed by atoms with van der Waals surface area (Å²) in [6.07, 6.45) is 6.39. The third kappa shape index (κ3) is 7.70. The van der Waals surface area contributed by atoms with Gasteiger partial charge in [0.1, 0.15) is 27.9 Å². The van der Waals surface area contributed by atoms with Crippen molar-refractivity contribution in [1.29, 1.82) is 0 Å². The maximum Gasteiger partial charge on any atom is 0.303 e. The number of hydrogen-bond acceptors (Lipinski definition) is 5. The molecular weight excluding hydrogens is 536 g/mol. The van der Waals surface area contributed by atoms with E-state index in [1.54, 1.807) is 0 Å². The van der Waals surface area contributed by atoms with E-state index in [1.165, 1.54) is 22.3 Å². The zero-order valence-electron chi connectivity index (χ0n) is 23.8.